The molecule has 2 fully saturated rings. The Morgan fingerprint density at radius 2 is 1.69 bits per heavy atom. The zero-order valence-electron chi connectivity index (χ0n) is 20.4. The van der Waals surface area contributed by atoms with Gasteiger partial charge in [0.25, 0.3) is 5.91 Å². The van der Waals surface area contributed by atoms with Gasteiger partial charge in [0, 0.05) is 38.2 Å². The fraction of sp³-hybridized carbons (Fsp3) is 0.407. The van der Waals surface area contributed by atoms with Crippen LogP contribution >= 0.6 is 0 Å². The smallest absolute Gasteiger partial charge is 0.326 e. The van der Waals surface area contributed by atoms with Gasteiger partial charge in [0.15, 0.2) is 0 Å². The molecule has 186 valence electrons. The molecule has 2 saturated heterocycles. The highest BCUT2D eigenvalue weighted by Gasteiger charge is 2.52. The van der Waals surface area contributed by atoms with Crippen molar-refractivity contribution in [2.24, 2.45) is 0 Å². The van der Waals surface area contributed by atoms with Crippen molar-refractivity contribution in [3.8, 4) is 11.4 Å². The van der Waals surface area contributed by atoms with Crippen LogP contribution in [-0.2, 0) is 24.2 Å². The SMILES string of the molecule is Cc1ccccc1-c1noc(CN2CCN(CN3C(=O)NC4(CCc5ccccc5C4)C3=O)CC2)n1. The van der Waals surface area contributed by atoms with Gasteiger partial charge in [-0.2, -0.15) is 4.98 Å². The number of imide groups is 1. The van der Waals surface area contributed by atoms with Crippen molar-refractivity contribution in [2.45, 2.75) is 38.3 Å². The van der Waals surface area contributed by atoms with E-state index in [1.54, 1.807) is 0 Å². The van der Waals surface area contributed by atoms with Gasteiger partial charge in [-0.15, -0.1) is 0 Å². The van der Waals surface area contributed by atoms with Gasteiger partial charge < -0.3 is 9.84 Å². The van der Waals surface area contributed by atoms with Crippen LogP contribution in [-0.4, -0.2) is 75.2 Å². The number of fused-ring (bicyclic) bond motifs is 1. The highest BCUT2D eigenvalue weighted by atomic mass is 16.5. The molecule has 1 aromatic heterocycles. The highest BCUT2D eigenvalue weighted by Crippen LogP contribution is 2.33. The van der Waals surface area contributed by atoms with Crippen LogP contribution in [0.25, 0.3) is 11.4 Å². The maximum absolute atomic E-state index is 13.4. The lowest BCUT2D eigenvalue weighted by molar-refractivity contribution is -0.133. The summed E-state index contributed by atoms with van der Waals surface area (Å²) in [5.74, 6) is 1.11. The number of carbonyl (C=O) groups excluding carboxylic acids is 2. The van der Waals surface area contributed by atoms with E-state index in [-0.39, 0.29) is 11.9 Å². The molecule has 3 aliphatic rings. The first-order chi connectivity index (χ1) is 17.5. The Morgan fingerprint density at radius 1 is 0.972 bits per heavy atom. The predicted molar refractivity (Wildman–Crippen MR) is 133 cm³/mol. The van der Waals surface area contributed by atoms with E-state index in [4.69, 9.17) is 4.52 Å². The summed E-state index contributed by atoms with van der Waals surface area (Å²) >= 11 is 0. The number of hydrogen-bond donors (Lipinski definition) is 1. The van der Waals surface area contributed by atoms with Gasteiger partial charge in [-0.1, -0.05) is 53.7 Å². The van der Waals surface area contributed by atoms with E-state index in [1.165, 1.54) is 10.5 Å². The lowest BCUT2D eigenvalue weighted by Gasteiger charge is -2.36. The Hall–Kier alpha value is -3.56. The Morgan fingerprint density at radius 3 is 2.50 bits per heavy atom. The van der Waals surface area contributed by atoms with Crippen LogP contribution in [0, 0.1) is 6.92 Å². The second-order valence-corrected chi connectivity index (χ2v) is 10.1. The third-order valence-electron chi connectivity index (χ3n) is 7.70. The van der Waals surface area contributed by atoms with Crippen molar-refractivity contribution in [3.63, 3.8) is 0 Å². The Kier molecular flexibility index (Phi) is 5.81. The molecule has 3 heterocycles. The van der Waals surface area contributed by atoms with Crippen molar-refractivity contribution in [1.29, 1.82) is 0 Å². The lowest BCUT2D eigenvalue weighted by atomic mass is 9.78. The van der Waals surface area contributed by atoms with E-state index in [0.717, 1.165) is 49.3 Å². The molecule has 0 bridgehead atoms. The standard InChI is InChI=1S/C27H30N6O3/c1-19-6-2-5-9-22(19)24-28-23(36-30-24)17-31-12-14-32(15-13-31)18-33-25(34)27(29-26(33)35)11-10-20-7-3-4-8-21(20)16-27/h2-9H,10-18H2,1H3,(H,29,35). The first-order valence-corrected chi connectivity index (χ1v) is 12.5. The van der Waals surface area contributed by atoms with Crippen molar-refractivity contribution in [3.05, 3.63) is 71.1 Å². The fourth-order valence-electron chi connectivity index (χ4n) is 5.56. The zero-order chi connectivity index (χ0) is 24.7. The number of benzene rings is 2. The minimum Gasteiger partial charge on any atom is -0.338 e. The lowest BCUT2D eigenvalue weighted by Crippen LogP contribution is -2.53. The fourth-order valence-corrected chi connectivity index (χ4v) is 5.56. The summed E-state index contributed by atoms with van der Waals surface area (Å²) in [5, 5.41) is 7.19. The Bertz CT molecular complexity index is 1300. The summed E-state index contributed by atoms with van der Waals surface area (Å²) in [5.41, 5.74) is 3.70. The number of carbonyl (C=O) groups is 2. The third-order valence-corrected chi connectivity index (χ3v) is 7.70. The number of hydrogen-bond acceptors (Lipinski definition) is 7. The average molecular weight is 487 g/mol. The van der Waals surface area contributed by atoms with E-state index >= 15 is 0 Å². The van der Waals surface area contributed by atoms with Gasteiger partial charge in [-0.05, 0) is 36.5 Å². The number of amides is 3. The van der Waals surface area contributed by atoms with Crippen LogP contribution in [0.15, 0.2) is 53.1 Å². The highest BCUT2D eigenvalue weighted by molar-refractivity contribution is 6.07. The number of nitrogens with zero attached hydrogens (tertiary/aromatic N) is 5. The van der Waals surface area contributed by atoms with Gasteiger partial charge in [0.2, 0.25) is 11.7 Å². The molecular formula is C27H30N6O3. The van der Waals surface area contributed by atoms with Gasteiger partial charge in [0.05, 0.1) is 13.2 Å². The summed E-state index contributed by atoms with van der Waals surface area (Å²) in [6, 6.07) is 15.9. The topological polar surface area (TPSA) is 94.8 Å². The van der Waals surface area contributed by atoms with E-state index < -0.39 is 5.54 Å². The van der Waals surface area contributed by atoms with Crippen LogP contribution < -0.4 is 5.32 Å². The third kappa shape index (κ3) is 4.18. The number of aryl methyl sites for hydroxylation is 2. The number of urea groups is 1. The van der Waals surface area contributed by atoms with Crippen LogP contribution in [0.2, 0.25) is 0 Å². The molecule has 0 radical (unpaired) electrons. The van der Waals surface area contributed by atoms with Gasteiger partial charge >= 0.3 is 6.03 Å². The van der Waals surface area contributed by atoms with Crippen molar-refractivity contribution < 1.29 is 14.1 Å². The summed E-state index contributed by atoms with van der Waals surface area (Å²) in [7, 11) is 0. The molecule has 9 nitrogen and oxygen atoms in total. The quantitative estimate of drug-likeness (QED) is 0.554. The molecule has 1 N–H and O–H groups in total. The molecule has 1 unspecified atom stereocenters. The average Bonchev–Trinajstić information content (AvgIpc) is 3.44. The molecule has 9 heteroatoms. The van der Waals surface area contributed by atoms with Crippen LogP contribution in [0.3, 0.4) is 0 Å². The Labute approximate surface area is 210 Å². The normalized spacial score (nSPS) is 22.8. The largest absolute Gasteiger partial charge is 0.338 e. The van der Waals surface area contributed by atoms with Crippen molar-refractivity contribution in [2.75, 3.05) is 32.8 Å². The van der Waals surface area contributed by atoms with Crippen LogP contribution in [0.5, 0.6) is 0 Å². The van der Waals surface area contributed by atoms with Gasteiger partial charge in [-0.3, -0.25) is 14.6 Å². The number of aromatic nitrogens is 2. The van der Waals surface area contributed by atoms with E-state index in [1.807, 2.05) is 43.3 Å². The second kappa shape index (κ2) is 9.15. The monoisotopic (exact) mass is 486 g/mol. The van der Waals surface area contributed by atoms with Crippen molar-refractivity contribution >= 4 is 11.9 Å². The van der Waals surface area contributed by atoms with Crippen molar-refractivity contribution in [1.82, 2.24) is 30.2 Å². The molecule has 3 amide bonds. The first-order valence-electron chi connectivity index (χ1n) is 12.5. The maximum Gasteiger partial charge on any atom is 0.326 e. The number of piperazine rings is 1. The molecule has 1 aliphatic carbocycles. The zero-order valence-corrected chi connectivity index (χ0v) is 20.4. The van der Waals surface area contributed by atoms with E-state index in [2.05, 4.69) is 37.4 Å². The van der Waals surface area contributed by atoms with Crippen LogP contribution in [0.1, 0.15) is 29.0 Å². The summed E-state index contributed by atoms with van der Waals surface area (Å²) in [6.07, 6.45) is 2.01. The molecule has 6 rings (SSSR count). The molecule has 1 spiro atoms. The predicted octanol–water partition coefficient (Wildman–Crippen LogP) is 2.60. The second-order valence-electron chi connectivity index (χ2n) is 10.1. The van der Waals surface area contributed by atoms with Gasteiger partial charge in [0.1, 0.15) is 5.54 Å². The molecule has 36 heavy (non-hydrogen) atoms. The number of nitrogens with one attached hydrogen (secondary N) is 1. The molecule has 2 aliphatic heterocycles. The molecule has 1 atom stereocenters. The van der Waals surface area contributed by atoms with E-state index in [0.29, 0.717) is 37.8 Å². The van der Waals surface area contributed by atoms with E-state index in [9.17, 15) is 9.59 Å². The molecular weight excluding hydrogens is 456 g/mol. The van der Waals surface area contributed by atoms with Crippen LogP contribution in [0.4, 0.5) is 4.79 Å². The molecule has 0 saturated carbocycles. The maximum atomic E-state index is 13.4. The summed E-state index contributed by atoms with van der Waals surface area (Å²) in [4.78, 5) is 36.6. The summed E-state index contributed by atoms with van der Waals surface area (Å²) in [6.45, 7) is 6.04. The molecule has 3 aromatic rings. The first kappa shape index (κ1) is 22.9. The molecule has 2 aromatic carbocycles. The number of rotatable bonds is 5. The summed E-state index contributed by atoms with van der Waals surface area (Å²) < 4.78 is 5.51. The minimum absolute atomic E-state index is 0.0981. The minimum atomic E-state index is -0.806. The Balaban J connectivity index is 1.04. The van der Waals surface area contributed by atoms with Gasteiger partial charge in [-0.25, -0.2) is 9.69 Å².